The Balaban J connectivity index is 1.86. The van der Waals surface area contributed by atoms with E-state index in [1.807, 2.05) is 20.8 Å². The van der Waals surface area contributed by atoms with Gasteiger partial charge in [0.15, 0.2) is 0 Å². The molecule has 0 aliphatic heterocycles. The summed E-state index contributed by atoms with van der Waals surface area (Å²) in [5, 5.41) is 6.90. The highest BCUT2D eigenvalue weighted by Gasteiger charge is 2.13. The van der Waals surface area contributed by atoms with Crippen LogP contribution in [-0.4, -0.2) is 17.4 Å². The monoisotopic (exact) mass is 307 g/mol. The largest absolute Gasteiger partial charge is 0.325 e. The first-order valence-electron chi connectivity index (χ1n) is 6.68. The van der Waals surface area contributed by atoms with Gasteiger partial charge in [-0.1, -0.05) is 0 Å². The lowest BCUT2D eigenvalue weighted by Gasteiger charge is -2.12. The van der Waals surface area contributed by atoms with Crippen LogP contribution < -0.4 is 10.6 Å². The Morgan fingerprint density at radius 1 is 1.33 bits per heavy atom. The van der Waals surface area contributed by atoms with Gasteiger partial charge in [-0.25, -0.2) is 9.37 Å². The molecule has 1 amide bonds. The Bertz CT molecular complexity index is 624. The summed E-state index contributed by atoms with van der Waals surface area (Å²) in [5.74, 6) is -0.483. The Kier molecular flexibility index (Phi) is 5.03. The van der Waals surface area contributed by atoms with Gasteiger partial charge >= 0.3 is 0 Å². The number of nitrogens with zero attached hydrogens (tertiary/aromatic N) is 1. The lowest BCUT2D eigenvalue weighted by Crippen LogP contribution is -2.30. The fraction of sp³-hybridized carbons (Fsp3) is 0.333. The number of hydrogen-bond donors (Lipinski definition) is 2. The number of anilines is 1. The molecule has 1 aromatic carbocycles. The molecule has 0 spiro atoms. The molecule has 0 radical (unpaired) electrons. The number of carbonyl (C=O) groups is 1. The molecule has 6 heteroatoms. The summed E-state index contributed by atoms with van der Waals surface area (Å²) in [6.07, 6.45) is 0. The predicted octanol–water partition coefficient (Wildman–Crippen LogP) is 3.19. The summed E-state index contributed by atoms with van der Waals surface area (Å²) < 4.78 is 12.8. The van der Waals surface area contributed by atoms with Gasteiger partial charge in [0.1, 0.15) is 5.82 Å². The Hall–Kier alpha value is -1.79. The van der Waals surface area contributed by atoms with E-state index in [0.29, 0.717) is 5.69 Å². The summed E-state index contributed by atoms with van der Waals surface area (Å²) in [7, 11) is 0. The van der Waals surface area contributed by atoms with Crippen LogP contribution in [0.2, 0.25) is 0 Å². The van der Waals surface area contributed by atoms with Gasteiger partial charge in [-0.2, -0.15) is 0 Å². The Morgan fingerprint density at radius 3 is 2.57 bits per heavy atom. The number of nitrogens with one attached hydrogen (secondary N) is 2. The lowest BCUT2D eigenvalue weighted by atomic mass is 10.2. The second-order valence-corrected chi connectivity index (χ2v) is 6.07. The average molecular weight is 307 g/mol. The van der Waals surface area contributed by atoms with Crippen molar-refractivity contribution >= 4 is 22.9 Å². The number of amides is 1. The van der Waals surface area contributed by atoms with Crippen molar-refractivity contribution in [2.75, 3.05) is 11.9 Å². The maximum atomic E-state index is 12.8. The predicted molar refractivity (Wildman–Crippen MR) is 83.0 cm³/mol. The molecule has 4 nitrogen and oxygen atoms in total. The molecule has 21 heavy (non-hydrogen) atoms. The third kappa shape index (κ3) is 4.34. The first kappa shape index (κ1) is 15.6. The third-order valence-corrected chi connectivity index (χ3v) is 4.29. The zero-order chi connectivity index (χ0) is 15.4. The van der Waals surface area contributed by atoms with E-state index in [1.54, 1.807) is 11.3 Å². The molecule has 0 saturated heterocycles. The SMILES string of the molecule is Cc1nc(C)c(C(C)NCC(=O)Nc2ccc(F)cc2)s1. The van der Waals surface area contributed by atoms with Crippen LogP contribution in [0.3, 0.4) is 0 Å². The van der Waals surface area contributed by atoms with Crippen molar-refractivity contribution in [1.82, 2.24) is 10.3 Å². The van der Waals surface area contributed by atoms with E-state index in [1.165, 1.54) is 24.3 Å². The molecule has 0 bridgehead atoms. The van der Waals surface area contributed by atoms with Gasteiger partial charge in [0.25, 0.3) is 0 Å². The minimum absolute atomic E-state index is 0.0650. The number of carbonyl (C=O) groups excluding carboxylic acids is 1. The van der Waals surface area contributed by atoms with E-state index in [4.69, 9.17) is 0 Å². The summed E-state index contributed by atoms with van der Waals surface area (Å²) >= 11 is 1.63. The van der Waals surface area contributed by atoms with Gasteiger partial charge in [0.05, 0.1) is 17.2 Å². The molecule has 2 aromatic rings. The number of rotatable bonds is 5. The molecule has 0 aliphatic rings. The number of aryl methyl sites for hydroxylation is 2. The van der Waals surface area contributed by atoms with Gasteiger partial charge < -0.3 is 10.6 Å². The van der Waals surface area contributed by atoms with Crippen LogP contribution in [0.25, 0.3) is 0 Å². The topological polar surface area (TPSA) is 54.0 Å². The minimum atomic E-state index is -0.323. The summed E-state index contributed by atoms with van der Waals surface area (Å²) in [4.78, 5) is 17.4. The normalized spacial score (nSPS) is 12.2. The zero-order valence-corrected chi connectivity index (χ0v) is 13.1. The van der Waals surface area contributed by atoms with Crippen molar-refractivity contribution in [2.24, 2.45) is 0 Å². The van der Waals surface area contributed by atoms with Crippen molar-refractivity contribution in [3.8, 4) is 0 Å². The third-order valence-electron chi connectivity index (χ3n) is 3.03. The Labute approximate surface area is 127 Å². The molecule has 2 N–H and O–H groups in total. The molecule has 1 aromatic heterocycles. The second-order valence-electron chi connectivity index (χ2n) is 4.84. The summed E-state index contributed by atoms with van der Waals surface area (Å²) in [5.41, 5.74) is 1.58. The zero-order valence-electron chi connectivity index (χ0n) is 12.2. The van der Waals surface area contributed by atoms with Crippen molar-refractivity contribution in [3.63, 3.8) is 0 Å². The standard InChI is InChI=1S/C15H18FN3OS/c1-9(15-10(2)18-11(3)21-15)17-8-14(20)19-13-6-4-12(16)5-7-13/h4-7,9,17H,8H2,1-3H3,(H,19,20). The van der Waals surface area contributed by atoms with Crippen LogP contribution in [0.1, 0.15) is 28.5 Å². The van der Waals surface area contributed by atoms with Gasteiger partial charge in [-0.05, 0) is 45.0 Å². The van der Waals surface area contributed by atoms with Crippen molar-refractivity contribution in [3.05, 3.63) is 45.7 Å². The summed E-state index contributed by atoms with van der Waals surface area (Å²) in [6, 6.07) is 5.76. The first-order chi connectivity index (χ1) is 9.95. The van der Waals surface area contributed by atoms with Gasteiger partial charge in [0.2, 0.25) is 5.91 Å². The van der Waals surface area contributed by atoms with E-state index < -0.39 is 0 Å². The highest BCUT2D eigenvalue weighted by atomic mass is 32.1. The van der Waals surface area contributed by atoms with Crippen LogP contribution in [0.5, 0.6) is 0 Å². The molecule has 2 rings (SSSR count). The Morgan fingerprint density at radius 2 is 2.00 bits per heavy atom. The van der Waals surface area contributed by atoms with Crippen LogP contribution in [0.15, 0.2) is 24.3 Å². The van der Waals surface area contributed by atoms with E-state index in [0.717, 1.165) is 15.6 Å². The maximum absolute atomic E-state index is 12.8. The molecular formula is C15H18FN3OS. The molecule has 1 atom stereocenters. The fourth-order valence-electron chi connectivity index (χ4n) is 2.03. The number of thiazole rings is 1. The number of hydrogen-bond acceptors (Lipinski definition) is 4. The van der Waals surface area contributed by atoms with E-state index in [9.17, 15) is 9.18 Å². The van der Waals surface area contributed by atoms with E-state index >= 15 is 0 Å². The number of aromatic nitrogens is 1. The molecular weight excluding hydrogens is 289 g/mol. The van der Waals surface area contributed by atoms with Crippen molar-refractivity contribution in [2.45, 2.75) is 26.8 Å². The highest BCUT2D eigenvalue weighted by Crippen LogP contribution is 2.24. The number of halogens is 1. The first-order valence-corrected chi connectivity index (χ1v) is 7.50. The van der Waals surface area contributed by atoms with Gasteiger partial charge in [-0.15, -0.1) is 11.3 Å². The van der Waals surface area contributed by atoms with Crippen molar-refractivity contribution in [1.29, 1.82) is 0 Å². The lowest BCUT2D eigenvalue weighted by molar-refractivity contribution is -0.115. The van der Waals surface area contributed by atoms with E-state index in [-0.39, 0.29) is 24.3 Å². The quantitative estimate of drug-likeness (QED) is 0.892. The van der Waals surface area contributed by atoms with Gasteiger partial charge in [-0.3, -0.25) is 4.79 Å². The van der Waals surface area contributed by atoms with Crippen LogP contribution in [-0.2, 0) is 4.79 Å². The van der Waals surface area contributed by atoms with E-state index in [2.05, 4.69) is 15.6 Å². The van der Waals surface area contributed by atoms with Crippen LogP contribution >= 0.6 is 11.3 Å². The second kappa shape index (κ2) is 6.78. The molecule has 0 fully saturated rings. The number of benzene rings is 1. The minimum Gasteiger partial charge on any atom is -0.325 e. The molecule has 0 saturated carbocycles. The van der Waals surface area contributed by atoms with Gasteiger partial charge in [0, 0.05) is 16.6 Å². The maximum Gasteiger partial charge on any atom is 0.238 e. The highest BCUT2D eigenvalue weighted by molar-refractivity contribution is 7.11. The van der Waals surface area contributed by atoms with Crippen molar-refractivity contribution < 1.29 is 9.18 Å². The smallest absolute Gasteiger partial charge is 0.238 e. The van der Waals surface area contributed by atoms with Crippen LogP contribution in [0, 0.1) is 19.7 Å². The summed E-state index contributed by atoms with van der Waals surface area (Å²) in [6.45, 7) is 6.13. The molecule has 0 aliphatic carbocycles. The molecule has 1 unspecified atom stereocenters. The fourth-order valence-corrected chi connectivity index (χ4v) is 2.98. The average Bonchev–Trinajstić information content (AvgIpc) is 2.78. The van der Waals surface area contributed by atoms with Crippen LogP contribution in [0.4, 0.5) is 10.1 Å². The molecule has 112 valence electrons. The molecule has 1 heterocycles.